The van der Waals surface area contributed by atoms with E-state index in [1.165, 1.54) is 0 Å². The van der Waals surface area contributed by atoms with Gasteiger partial charge in [-0.15, -0.1) is 0 Å². The zero-order chi connectivity index (χ0) is 15.2. The monoisotopic (exact) mass is 293 g/mol. The van der Waals surface area contributed by atoms with E-state index in [2.05, 4.69) is 20.2 Å². The van der Waals surface area contributed by atoms with Crippen LogP contribution in [-0.2, 0) is 4.74 Å². The summed E-state index contributed by atoms with van der Waals surface area (Å²) >= 11 is 0. The van der Waals surface area contributed by atoms with Crippen molar-refractivity contribution >= 4 is 11.8 Å². The van der Waals surface area contributed by atoms with E-state index in [0.29, 0.717) is 18.7 Å². The summed E-state index contributed by atoms with van der Waals surface area (Å²) in [4.78, 5) is 11.5. The standard InChI is InChI=1S/C15H27N5O/c1-11-10-14(17-2)19-15(18-11)20(8-9-21-3)13-6-4-12(16)5-7-13/h10,12-13H,4-9,16H2,1-3H3,(H,17,18,19). The van der Waals surface area contributed by atoms with Gasteiger partial charge < -0.3 is 20.7 Å². The molecule has 2 rings (SSSR count). The number of hydrogen-bond acceptors (Lipinski definition) is 6. The van der Waals surface area contributed by atoms with Crippen molar-refractivity contribution in [3.63, 3.8) is 0 Å². The van der Waals surface area contributed by atoms with Gasteiger partial charge in [0.2, 0.25) is 5.95 Å². The van der Waals surface area contributed by atoms with Gasteiger partial charge in [-0.2, -0.15) is 4.98 Å². The molecule has 0 amide bonds. The Kier molecular flexibility index (Phi) is 5.76. The third-order valence-corrected chi connectivity index (χ3v) is 4.07. The highest BCUT2D eigenvalue weighted by molar-refractivity contribution is 5.44. The van der Waals surface area contributed by atoms with Crippen molar-refractivity contribution in [2.45, 2.75) is 44.7 Å². The quantitative estimate of drug-likeness (QED) is 0.829. The molecule has 1 aromatic heterocycles. The first-order chi connectivity index (χ1) is 10.1. The summed E-state index contributed by atoms with van der Waals surface area (Å²) in [6, 6.07) is 2.75. The Morgan fingerprint density at radius 1 is 1.33 bits per heavy atom. The van der Waals surface area contributed by atoms with E-state index in [1.807, 2.05) is 20.0 Å². The van der Waals surface area contributed by atoms with E-state index in [9.17, 15) is 0 Å². The molecule has 1 aliphatic rings. The Balaban J connectivity index is 2.20. The number of aryl methyl sites for hydroxylation is 1. The van der Waals surface area contributed by atoms with Crippen molar-refractivity contribution in [3.05, 3.63) is 11.8 Å². The highest BCUT2D eigenvalue weighted by Gasteiger charge is 2.26. The first-order valence-electron chi connectivity index (χ1n) is 7.68. The Morgan fingerprint density at radius 3 is 2.67 bits per heavy atom. The molecule has 6 nitrogen and oxygen atoms in total. The number of ether oxygens (including phenoxy) is 1. The number of hydrogen-bond donors (Lipinski definition) is 2. The summed E-state index contributed by atoms with van der Waals surface area (Å²) < 4.78 is 5.26. The van der Waals surface area contributed by atoms with E-state index in [-0.39, 0.29) is 0 Å². The van der Waals surface area contributed by atoms with Gasteiger partial charge in [0, 0.05) is 44.5 Å². The average molecular weight is 293 g/mol. The molecule has 118 valence electrons. The zero-order valence-electron chi connectivity index (χ0n) is 13.3. The number of aromatic nitrogens is 2. The second kappa shape index (κ2) is 7.56. The van der Waals surface area contributed by atoms with Crippen LogP contribution in [0, 0.1) is 6.92 Å². The van der Waals surface area contributed by atoms with Crippen molar-refractivity contribution < 1.29 is 4.74 Å². The van der Waals surface area contributed by atoms with Gasteiger partial charge in [0.25, 0.3) is 0 Å². The molecule has 6 heteroatoms. The number of nitrogens with one attached hydrogen (secondary N) is 1. The molecule has 0 aromatic carbocycles. The lowest BCUT2D eigenvalue weighted by Gasteiger charge is -2.36. The van der Waals surface area contributed by atoms with Crippen LogP contribution in [0.2, 0.25) is 0 Å². The lowest BCUT2D eigenvalue weighted by atomic mass is 9.91. The molecule has 1 aromatic rings. The van der Waals surface area contributed by atoms with Gasteiger partial charge in [0.15, 0.2) is 0 Å². The largest absolute Gasteiger partial charge is 0.383 e. The summed E-state index contributed by atoms with van der Waals surface area (Å²) in [7, 11) is 3.61. The molecule has 0 saturated heterocycles. The predicted molar refractivity (Wildman–Crippen MR) is 85.8 cm³/mol. The Hall–Kier alpha value is -1.40. The highest BCUT2D eigenvalue weighted by atomic mass is 16.5. The van der Waals surface area contributed by atoms with E-state index >= 15 is 0 Å². The van der Waals surface area contributed by atoms with Gasteiger partial charge in [-0.1, -0.05) is 0 Å². The maximum atomic E-state index is 6.02. The first-order valence-corrected chi connectivity index (χ1v) is 7.68. The first kappa shape index (κ1) is 16.0. The number of methoxy groups -OCH3 is 1. The van der Waals surface area contributed by atoms with Crippen LogP contribution in [0.3, 0.4) is 0 Å². The van der Waals surface area contributed by atoms with E-state index in [1.54, 1.807) is 7.11 Å². The van der Waals surface area contributed by atoms with E-state index < -0.39 is 0 Å². The molecule has 0 bridgehead atoms. The predicted octanol–water partition coefficient (Wildman–Crippen LogP) is 1.55. The second-order valence-corrected chi connectivity index (χ2v) is 5.70. The molecule has 1 heterocycles. The topological polar surface area (TPSA) is 76.3 Å². The van der Waals surface area contributed by atoms with Crippen LogP contribution in [0.4, 0.5) is 11.8 Å². The van der Waals surface area contributed by atoms with Crippen LogP contribution in [0.15, 0.2) is 6.07 Å². The molecule has 0 atom stereocenters. The Morgan fingerprint density at radius 2 is 2.05 bits per heavy atom. The molecule has 1 fully saturated rings. The fraction of sp³-hybridized carbons (Fsp3) is 0.733. The molecule has 0 radical (unpaired) electrons. The maximum Gasteiger partial charge on any atom is 0.227 e. The van der Waals surface area contributed by atoms with Gasteiger partial charge in [0.05, 0.1) is 6.61 Å². The number of rotatable bonds is 6. The fourth-order valence-corrected chi connectivity index (χ4v) is 2.86. The van der Waals surface area contributed by atoms with Gasteiger partial charge >= 0.3 is 0 Å². The molecule has 0 unspecified atom stereocenters. The minimum Gasteiger partial charge on any atom is -0.383 e. The third-order valence-electron chi connectivity index (χ3n) is 4.07. The van der Waals surface area contributed by atoms with Crippen molar-refractivity contribution in [1.82, 2.24) is 9.97 Å². The minimum absolute atomic E-state index is 0.344. The number of nitrogens with zero attached hydrogens (tertiary/aromatic N) is 3. The molecule has 0 aliphatic heterocycles. The minimum atomic E-state index is 0.344. The molecule has 1 saturated carbocycles. The fourth-order valence-electron chi connectivity index (χ4n) is 2.86. The summed E-state index contributed by atoms with van der Waals surface area (Å²) in [6.07, 6.45) is 4.33. The van der Waals surface area contributed by atoms with E-state index in [4.69, 9.17) is 10.5 Å². The summed E-state index contributed by atoms with van der Waals surface area (Å²) in [5, 5.41) is 3.10. The summed E-state index contributed by atoms with van der Waals surface area (Å²) in [6.45, 7) is 3.48. The smallest absolute Gasteiger partial charge is 0.227 e. The summed E-state index contributed by atoms with van der Waals surface area (Å²) in [5.41, 5.74) is 6.99. The SMILES string of the molecule is CNc1cc(C)nc(N(CCOC)C2CCC(N)CC2)n1. The Bertz CT molecular complexity index is 446. The molecular weight excluding hydrogens is 266 g/mol. The van der Waals surface area contributed by atoms with E-state index in [0.717, 1.165) is 49.7 Å². The molecule has 3 N–H and O–H groups in total. The van der Waals surface area contributed by atoms with Crippen LogP contribution in [0.5, 0.6) is 0 Å². The van der Waals surface area contributed by atoms with Crippen LogP contribution >= 0.6 is 0 Å². The number of nitrogens with two attached hydrogens (primary N) is 1. The lowest BCUT2D eigenvalue weighted by molar-refractivity contribution is 0.200. The van der Waals surface area contributed by atoms with Crippen LogP contribution in [0.25, 0.3) is 0 Å². The molecule has 1 aliphatic carbocycles. The van der Waals surface area contributed by atoms with Crippen molar-refractivity contribution in [2.75, 3.05) is 37.5 Å². The van der Waals surface area contributed by atoms with Crippen molar-refractivity contribution in [1.29, 1.82) is 0 Å². The van der Waals surface area contributed by atoms with Crippen molar-refractivity contribution in [3.8, 4) is 0 Å². The van der Waals surface area contributed by atoms with Crippen LogP contribution in [0.1, 0.15) is 31.4 Å². The van der Waals surface area contributed by atoms with Crippen LogP contribution in [-0.4, -0.2) is 49.4 Å². The Labute approximate surface area is 127 Å². The molecule has 0 spiro atoms. The maximum absolute atomic E-state index is 6.02. The lowest BCUT2D eigenvalue weighted by Crippen LogP contribution is -2.43. The second-order valence-electron chi connectivity index (χ2n) is 5.70. The third kappa shape index (κ3) is 4.28. The number of anilines is 2. The normalized spacial score (nSPS) is 22.1. The zero-order valence-corrected chi connectivity index (χ0v) is 13.3. The summed E-state index contributed by atoms with van der Waals surface area (Å²) in [5.74, 6) is 1.64. The van der Waals surface area contributed by atoms with Crippen molar-refractivity contribution in [2.24, 2.45) is 5.73 Å². The van der Waals surface area contributed by atoms with Crippen LogP contribution < -0.4 is 16.0 Å². The molecule has 21 heavy (non-hydrogen) atoms. The van der Waals surface area contributed by atoms with Gasteiger partial charge in [-0.25, -0.2) is 4.98 Å². The molecular formula is C15H27N5O. The average Bonchev–Trinajstić information content (AvgIpc) is 2.49. The van der Waals surface area contributed by atoms with Gasteiger partial charge in [0.1, 0.15) is 5.82 Å². The highest BCUT2D eigenvalue weighted by Crippen LogP contribution is 2.25. The van der Waals surface area contributed by atoms with Gasteiger partial charge in [-0.05, 0) is 32.6 Å². The van der Waals surface area contributed by atoms with Gasteiger partial charge in [-0.3, -0.25) is 0 Å².